The standard InChI is InChI=1S/C10H16BrN3/c1-3-14(2)8-7-13-10-9(11)5-4-6-12-10/h4-6H,3,7-8H2,1-2H3,(H,12,13). The van der Waals surface area contributed by atoms with Crippen LogP contribution in [0.5, 0.6) is 0 Å². The second kappa shape index (κ2) is 5.98. The largest absolute Gasteiger partial charge is 0.368 e. The van der Waals surface area contributed by atoms with E-state index in [1.165, 1.54) is 0 Å². The molecule has 0 amide bonds. The van der Waals surface area contributed by atoms with Gasteiger partial charge in [0.2, 0.25) is 0 Å². The number of hydrogen-bond donors (Lipinski definition) is 1. The average molecular weight is 258 g/mol. The average Bonchev–Trinajstić information content (AvgIpc) is 2.20. The van der Waals surface area contributed by atoms with Gasteiger partial charge in [0.15, 0.2) is 0 Å². The molecular formula is C10H16BrN3. The molecule has 1 aromatic rings. The minimum Gasteiger partial charge on any atom is -0.368 e. The van der Waals surface area contributed by atoms with Crippen LogP contribution in [-0.4, -0.2) is 36.6 Å². The zero-order chi connectivity index (χ0) is 10.4. The van der Waals surface area contributed by atoms with Crippen molar-refractivity contribution in [2.24, 2.45) is 0 Å². The number of rotatable bonds is 5. The first-order valence-corrected chi connectivity index (χ1v) is 5.56. The van der Waals surface area contributed by atoms with Crippen molar-refractivity contribution in [1.82, 2.24) is 9.88 Å². The number of nitrogens with one attached hydrogen (secondary N) is 1. The smallest absolute Gasteiger partial charge is 0.140 e. The fourth-order valence-electron chi connectivity index (χ4n) is 1.04. The van der Waals surface area contributed by atoms with Crippen molar-refractivity contribution in [3.05, 3.63) is 22.8 Å². The second-order valence-electron chi connectivity index (χ2n) is 3.16. The molecule has 0 aliphatic carbocycles. The molecule has 3 nitrogen and oxygen atoms in total. The molecular weight excluding hydrogens is 242 g/mol. The third-order valence-corrected chi connectivity index (χ3v) is 2.72. The van der Waals surface area contributed by atoms with Crippen LogP contribution < -0.4 is 5.32 Å². The molecule has 1 aromatic heterocycles. The molecule has 0 saturated carbocycles. The van der Waals surface area contributed by atoms with Gasteiger partial charge in [0.25, 0.3) is 0 Å². The summed E-state index contributed by atoms with van der Waals surface area (Å²) in [5.74, 6) is 0.914. The van der Waals surface area contributed by atoms with Gasteiger partial charge in [-0.1, -0.05) is 6.92 Å². The molecule has 78 valence electrons. The molecule has 4 heteroatoms. The number of pyridine rings is 1. The molecule has 0 aliphatic heterocycles. The van der Waals surface area contributed by atoms with Gasteiger partial charge in [-0.2, -0.15) is 0 Å². The Morgan fingerprint density at radius 3 is 3.00 bits per heavy atom. The normalized spacial score (nSPS) is 10.6. The molecule has 1 rings (SSSR count). The number of aromatic nitrogens is 1. The lowest BCUT2D eigenvalue weighted by molar-refractivity contribution is 0.367. The Bertz CT molecular complexity index is 278. The van der Waals surface area contributed by atoms with Crippen molar-refractivity contribution in [2.75, 3.05) is 32.0 Å². The zero-order valence-corrected chi connectivity index (χ0v) is 10.2. The predicted molar refractivity (Wildman–Crippen MR) is 63.6 cm³/mol. The van der Waals surface area contributed by atoms with Gasteiger partial charge in [0, 0.05) is 19.3 Å². The first-order chi connectivity index (χ1) is 6.74. The van der Waals surface area contributed by atoms with E-state index in [0.717, 1.165) is 29.9 Å². The van der Waals surface area contributed by atoms with Crippen LogP contribution in [0.25, 0.3) is 0 Å². The summed E-state index contributed by atoms with van der Waals surface area (Å²) in [4.78, 5) is 6.48. The molecule has 0 bridgehead atoms. The fourth-order valence-corrected chi connectivity index (χ4v) is 1.43. The highest BCUT2D eigenvalue weighted by atomic mass is 79.9. The molecule has 0 unspecified atom stereocenters. The Morgan fingerprint density at radius 1 is 1.57 bits per heavy atom. The van der Waals surface area contributed by atoms with E-state index >= 15 is 0 Å². The lowest BCUT2D eigenvalue weighted by Gasteiger charge is -2.14. The van der Waals surface area contributed by atoms with Gasteiger partial charge in [-0.05, 0) is 41.7 Å². The summed E-state index contributed by atoms with van der Waals surface area (Å²) in [5, 5.41) is 3.28. The molecule has 0 atom stereocenters. The molecule has 0 aliphatic rings. The van der Waals surface area contributed by atoms with Gasteiger partial charge in [0.05, 0.1) is 4.47 Å². The predicted octanol–water partition coefficient (Wildman–Crippen LogP) is 2.21. The van der Waals surface area contributed by atoms with Gasteiger partial charge < -0.3 is 10.2 Å². The minimum absolute atomic E-state index is 0.914. The van der Waals surface area contributed by atoms with E-state index in [1.807, 2.05) is 12.1 Å². The van der Waals surface area contributed by atoms with Crippen LogP contribution >= 0.6 is 15.9 Å². The minimum atomic E-state index is 0.914. The Labute approximate surface area is 93.7 Å². The van der Waals surface area contributed by atoms with Crippen molar-refractivity contribution in [2.45, 2.75) is 6.92 Å². The summed E-state index contributed by atoms with van der Waals surface area (Å²) in [6, 6.07) is 3.90. The maximum absolute atomic E-state index is 4.22. The summed E-state index contributed by atoms with van der Waals surface area (Å²) in [6.07, 6.45) is 1.79. The van der Waals surface area contributed by atoms with Gasteiger partial charge >= 0.3 is 0 Å². The van der Waals surface area contributed by atoms with Crippen LogP contribution in [0, 0.1) is 0 Å². The molecule has 0 saturated heterocycles. The van der Waals surface area contributed by atoms with E-state index in [1.54, 1.807) is 6.20 Å². The number of hydrogen-bond acceptors (Lipinski definition) is 3. The summed E-state index contributed by atoms with van der Waals surface area (Å²) >= 11 is 3.44. The van der Waals surface area contributed by atoms with Crippen molar-refractivity contribution in [3.63, 3.8) is 0 Å². The fraction of sp³-hybridized carbons (Fsp3) is 0.500. The van der Waals surface area contributed by atoms with E-state index in [4.69, 9.17) is 0 Å². The van der Waals surface area contributed by atoms with Crippen molar-refractivity contribution >= 4 is 21.7 Å². The highest BCUT2D eigenvalue weighted by molar-refractivity contribution is 9.10. The molecule has 0 aromatic carbocycles. The number of anilines is 1. The number of halogens is 1. The summed E-state index contributed by atoms with van der Waals surface area (Å²) in [5.41, 5.74) is 0. The van der Waals surface area contributed by atoms with Crippen LogP contribution in [0.4, 0.5) is 5.82 Å². The van der Waals surface area contributed by atoms with Gasteiger partial charge in [-0.15, -0.1) is 0 Å². The molecule has 14 heavy (non-hydrogen) atoms. The summed E-state index contributed by atoms with van der Waals surface area (Å²) in [6.45, 7) is 5.17. The van der Waals surface area contributed by atoms with E-state index in [9.17, 15) is 0 Å². The van der Waals surface area contributed by atoms with Gasteiger partial charge in [-0.25, -0.2) is 4.98 Å². The van der Waals surface area contributed by atoms with Gasteiger partial charge in [-0.3, -0.25) is 0 Å². The molecule has 0 radical (unpaired) electrons. The van der Waals surface area contributed by atoms with Crippen LogP contribution in [0.15, 0.2) is 22.8 Å². The lowest BCUT2D eigenvalue weighted by Crippen LogP contribution is -2.25. The van der Waals surface area contributed by atoms with E-state index < -0.39 is 0 Å². The highest BCUT2D eigenvalue weighted by Crippen LogP contribution is 2.17. The van der Waals surface area contributed by atoms with Crippen molar-refractivity contribution < 1.29 is 0 Å². The SMILES string of the molecule is CCN(C)CCNc1ncccc1Br. The number of likely N-dealkylation sites (N-methyl/N-ethyl adjacent to an activating group) is 1. The van der Waals surface area contributed by atoms with Gasteiger partial charge in [0.1, 0.15) is 5.82 Å². The Morgan fingerprint density at radius 2 is 2.36 bits per heavy atom. The highest BCUT2D eigenvalue weighted by Gasteiger charge is 1.99. The van der Waals surface area contributed by atoms with E-state index in [-0.39, 0.29) is 0 Å². The van der Waals surface area contributed by atoms with Crippen LogP contribution in [0.2, 0.25) is 0 Å². The van der Waals surface area contributed by atoms with Crippen molar-refractivity contribution in [3.8, 4) is 0 Å². The zero-order valence-electron chi connectivity index (χ0n) is 8.63. The van der Waals surface area contributed by atoms with Crippen LogP contribution in [-0.2, 0) is 0 Å². The van der Waals surface area contributed by atoms with Crippen LogP contribution in [0.1, 0.15) is 6.92 Å². The Hall–Kier alpha value is -0.610. The topological polar surface area (TPSA) is 28.2 Å². The summed E-state index contributed by atoms with van der Waals surface area (Å²) in [7, 11) is 2.11. The maximum atomic E-state index is 4.22. The molecule has 0 spiro atoms. The monoisotopic (exact) mass is 257 g/mol. The third-order valence-electron chi connectivity index (χ3n) is 2.08. The quantitative estimate of drug-likeness (QED) is 0.877. The molecule has 1 heterocycles. The molecule has 0 fully saturated rings. The molecule has 1 N–H and O–H groups in total. The first kappa shape index (κ1) is 11.5. The Balaban J connectivity index is 2.35. The lowest BCUT2D eigenvalue weighted by atomic mass is 10.4. The van der Waals surface area contributed by atoms with E-state index in [0.29, 0.717) is 0 Å². The maximum Gasteiger partial charge on any atom is 0.140 e. The van der Waals surface area contributed by atoms with Crippen LogP contribution in [0.3, 0.4) is 0 Å². The van der Waals surface area contributed by atoms with E-state index in [2.05, 4.69) is 45.1 Å². The van der Waals surface area contributed by atoms with Crippen molar-refractivity contribution in [1.29, 1.82) is 0 Å². The number of nitrogens with zero attached hydrogens (tertiary/aromatic N) is 2. The third kappa shape index (κ3) is 3.64. The first-order valence-electron chi connectivity index (χ1n) is 4.77. The Kier molecular flexibility index (Phi) is 4.90. The second-order valence-corrected chi connectivity index (χ2v) is 4.01. The summed E-state index contributed by atoms with van der Waals surface area (Å²) < 4.78 is 1.01.